The number of rotatable bonds is 5. The molecule has 8 heteroatoms. The zero-order valence-corrected chi connectivity index (χ0v) is 16.6. The molecule has 1 N–H and O–H groups in total. The lowest BCUT2D eigenvalue weighted by atomic mass is 9.68. The number of methoxy groups -OCH3 is 2. The van der Waals surface area contributed by atoms with Gasteiger partial charge in [0.25, 0.3) is 0 Å². The number of fused-ring (bicyclic) bond motifs is 1. The van der Waals surface area contributed by atoms with Crippen LogP contribution >= 0.6 is 0 Å². The number of benzene rings is 1. The molecule has 1 aliphatic heterocycles. The van der Waals surface area contributed by atoms with Crippen LogP contribution < -0.4 is 9.47 Å². The van der Waals surface area contributed by atoms with E-state index in [1.165, 1.54) is 26.4 Å². The molecular formula is C21H25F2N3O3. The topological polar surface area (TPSA) is 67.7 Å². The fourth-order valence-electron chi connectivity index (χ4n) is 4.94. The molecule has 0 amide bonds. The summed E-state index contributed by atoms with van der Waals surface area (Å²) in [6.45, 7) is 1.83. The van der Waals surface area contributed by atoms with Gasteiger partial charge in [-0.1, -0.05) is 0 Å². The van der Waals surface area contributed by atoms with Crippen LogP contribution in [0.1, 0.15) is 30.4 Å². The molecule has 1 aromatic heterocycles. The summed E-state index contributed by atoms with van der Waals surface area (Å²) in [6, 6.07) is 3.78. The van der Waals surface area contributed by atoms with Gasteiger partial charge in [-0.2, -0.15) is 4.98 Å². The van der Waals surface area contributed by atoms with Crippen molar-refractivity contribution in [3.05, 3.63) is 47.2 Å². The Kier molecular flexibility index (Phi) is 5.40. The van der Waals surface area contributed by atoms with E-state index in [2.05, 4.69) is 14.9 Å². The first-order valence-electron chi connectivity index (χ1n) is 9.78. The molecule has 0 bridgehead atoms. The number of nitrogens with zero attached hydrogens (tertiary/aromatic N) is 3. The maximum absolute atomic E-state index is 13.6. The Balaban J connectivity index is 1.59. The van der Waals surface area contributed by atoms with Crippen molar-refractivity contribution in [3.63, 3.8) is 0 Å². The minimum Gasteiger partial charge on any atom is -0.481 e. The van der Waals surface area contributed by atoms with Crippen molar-refractivity contribution in [3.8, 4) is 11.9 Å². The summed E-state index contributed by atoms with van der Waals surface area (Å²) in [5.41, 5.74) is 0.0341. The minimum atomic E-state index is -1.12. The lowest BCUT2D eigenvalue weighted by Gasteiger charge is -2.41. The molecule has 156 valence electrons. The molecule has 6 nitrogen and oxygen atoms in total. The van der Waals surface area contributed by atoms with Crippen molar-refractivity contribution in [2.45, 2.75) is 31.4 Å². The average Bonchev–Trinajstić information content (AvgIpc) is 3.10. The zero-order valence-electron chi connectivity index (χ0n) is 16.6. The molecule has 2 aromatic rings. The number of likely N-dealkylation sites (tertiary alicyclic amines) is 1. The molecule has 29 heavy (non-hydrogen) atoms. The summed E-state index contributed by atoms with van der Waals surface area (Å²) in [5.74, 6) is -0.605. The summed E-state index contributed by atoms with van der Waals surface area (Å²) in [6.07, 6.45) is 4.04. The standard InChI is InChI=1S/C21H25F2N3O3/c1-28-19-17(9-24-20(25-19)29-2)21(27)5-3-4-14-11-26(12-18(14)21)10-13-6-15(22)8-16(23)7-13/h6-9,14,18,27H,3-5,10-12H2,1-2H3/t14-,18+,21-/m1/s1. The molecule has 0 spiro atoms. The first-order valence-corrected chi connectivity index (χ1v) is 9.78. The van der Waals surface area contributed by atoms with E-state index in [1.807, 2.05) is 0 Å². The zero-order chi connectivity index (χ0) is 20.6. The van der Waals surface area contributed by atoms with Gasteiger partial charge in [0.1, 0.15) is 17.2 Å². The van der Waals surface area contributed by atoms with Gasteiger partial charge in [-0.05, 0) is 42.9 Å². The molecule has 4 rings (SSSR count). The van der Waals surface area contributed by atoms with E-state index >= 15 is 0 Å². The molecule has 3 atom stereocenters. The van der Waals surface area contributed by atoms with Crippen molar-refractivity contribution >= 4 is 0 Å². The molecule has 1 saturated carbocycles. The first kappa shape index (κ1) is 20.0. The summed E-state index contributed by atoms with van der Waals surface area (Å²) < 4.78 is 37.6. The van der Waals surface area contributed by atoms with Gasteiger partial charge in [-0.15, -0.1) is 0 Å². The summed E-state index contributed by atoms with van der Waals surface area (Å²) in [7, 11) is 2.98. The van der Waals surface area contributed by atoms with Crippen LogP contribution in [-0.4, -0.2) is 47.3 Å². The van der Waals surface area contributed by atoms with Crippen LogP contribution in [0.5, 0.6) is 11.9 Å². The second kappa shape index (κ2) is 7.84. The van der Waals surface area contributed by atoms with Crippen LogP contribution in [0, 0.1) is 23.5 Å². The Bertz CT molecular complexity index is 877. The Morgan fingerprint density at radius 2 is 1.93 bits per heavy atom. The third-order valence-corrected chi connectivity index (χ3v) is 6.17. The molecule has 0 radical (unpaired) electrons. The SMILES string of the molecule is COc1ncc([C@]2(O)CCC[C@@H]3CN(Cc4cc(F)cc(F)c4)C[C@@H]32)c(OC)n1. The number of hydrogen-bond acceptors (Lipinski definition) is 6. The lowest BCUT2D eigenvalue weighted by Crippen LogP contribution is -2.43. The predicted molar refractivity (Wildman–Crippen MR) is 101 cm³/mol. The Labute approximate surface area is 168 Å². The van der Waals surface area contributed by atoms with E-state index in [1.54, 1.807) is 6.20 Å². The van der Waals surface area contributed by atoms with Crippen molar-refractivity contribution < 1.29 is 23.4 Å². The van der Waals surface area contributed by atoms with Crippen molar-refractivity contribution in [1.82, 2.24) is 14.9 Å². The van der Waals surface area contributed by atoms with Gasteiger partial charge in [0.2, 0.25) is 5.88 Å². The lowest BCUT2D eigenvalue weighted by molar-refractivity contribution is -0.0669. The molecule has 2 aliphatic rings. The second-order valence-corrected chi connectivity index (χ2v) is 7.93. The first-order chi connectivity index (χ1) is 13.9. The fourth-order valence-corrected chi connectivity index (χ4v) is 4.94. The van der Waals surface area contributed by atoms with E-state index in [4.69, 9.17) is 9.47 Å². The third-order valence-electron chi connectivity index (χ3n) is 6.17. The van der Waals surface area contributed by atoms with Crippen molar-refractivity contribution in [1.29, 1.82) is 0 Å². The van der Waals surface area contributed by atoms with Crippen LogP contribution in [0.4, 0.5) is 8.78 Å². The highest BCUT2D eigenvalue weighted by molar-refractivity contribution is 5.33. The second-order valence-electron chi connectivity index (χ2n) is 7.93. The number of halogens is 2. The normalized spacial score (nSPS) is 26.9. The van der Waals surface area contributed by atoms with E-state index < -0.39 is 17.2 Å². The van der Waals surface area contributed by atoms with Crippen LogP contribution in [0.15, 0.2) is 24.4 Å². The van der Waals surface area contributed by atoms with Crippen LogP contribution in [0.25, 0.3) is 0 Å². The van der Waals surface area contributed by atoms with Crippen molar-refractivity contribution in [2.75, 3.05) is 27.3 Å². The largest absolute Gasteiger partial charge is 0.481 e. The number of aliphatic hydroxyl groups is 1. The van der Waals surface area contributed by atoms with E-state index in [0.717, 1.165) is 25.5 Å². The van der Waals surface area contributed by atoms with Gasteiger partial charge < -0.3 is 14.6 Å². The smallest absolute Gasteiger partial charge is 0.319 e. The van der Waals surface area contributed by atoms with Gasteiger partial charge in [-0.25, -0.2) is 13.8 Å². The van der Waals surface area contributed by atoms with Crippen molar-refractivity contribution in [2.24, 2.45) is 11.8 Å². The number of ether oxygens (including phenoxy) is 2. The molecule has 1 aromatic carbocycles. The van der Waals surface area contributed by atoms with Gasteiger partial charge in [0, 0.05) is 37.8 Å². The Hall–Kier alpha value is -2.32. The van der Waals surface area contributed by atoms with Crippen LogP contribution in [-0.2, 0) is 12.1 Å². The molecular weight excluding hydrogens is 380 g/mol. The number of hydrogen-bond donors (Lipinski definition) is 1. The summed E-state index contributed by atoms with van der Waals surface area (Å²) >= 11 is 0. The van der Waals surface area contributed by atoms with Crippen LogP contribution in [0.3, 0.4) is 0 Å². The molecule has 0 unspecified atom stereocenters. The minimum absolute atomic E-state index is 0.0412. The van der Waals surface area contributed by atoms with E-state index in [-0.39, 0.29) is 17.8 Å². The quantitative estimate of drug-likeness (QED) is 0.825. The molecule has 1 saturated heterocycles. The van der Waals surface area contributed by atoms with Gasteiger partial charge in [0.15, 0.2) is 0 Å². The fraction of sp³-hybridized carbons (Fsp3) is 0.524. The molecule has 2 fully saturated rings. The highest BCUT2D eigenvalue weighted by atomic mass is 19.1. The Morgan fingerprint density at radius 3 is 2.62 bits per heavy atom. The predicted octanol–water partition coefficient (Wildman–Crippen LogP) is 2.89. The highest BCUT2D eigenvalue weighted by Crippen LogP contribution is 2.50. The number of aromatic nitrogens is 2. The van der Waals surface area contributed by atoms with Gasteiger partial charge in [0.05, 0.1) is 19.8 Å². The average molecular weight is 405 g/mol. The van der Waals surface area contributed by atoms with Gasteiger partial charge in [-0.3, -0.25) is 4.90 Å². The van der Waals surface area contributed by atoms with Gasteiger partial charge >= 0.3 is 6.01 Å². The van der Waals surface area contributed by atoms with E-state index in [0.29, 0.717) is 36.5 Å². The summed E-state index contributed by atoms with van der Waals surface area (Å²) in [5, 5.41) is 11.7. The maximum atomic E-state index is 13.6. The summed E-state index contributed by atoms with van der Waals surface area (Å²) in [4.78, 5) is 10.6. The Morgan fingerprint density at radius 1 is 1.17 bits per heavy atom. The third kappa shape index (κ3) is 3.79. The van der Waals surface area contributed by atoms with E-state index in [9.17, 15) is 13.9 Å². The maximum Gasteiger partial charge on any atom is 0.319 e. The van der Waals surface area contributed by atoms with Crippen LogP contribution in [0.2, 0.25) is 0 Å². The monoisotopic (exact) mass is 405 g/mol. The molecule has 1 aliphatic carbocycles. The molecule has 2 heterocycles. The highest BCUT2D eigenvalue weighted by Gasteiger charge is 2.51.